The summed E-state index contributed by atoms with van der Waals surface area (Å²) in [6.07, 6.45) is 6.23. The van der Waals surface area contributed by atoms with Crippen LogP contribution in [0.15, 0.2) is 30.8 Å². The molecule has 5 heteroatoms. The second-order valence-electron chi connectivity index (χ2n) is 2.87. The molecule has 0 radical (unpaired) electrons. The summed E-state index contributed by atoms with van der Waals surface area (Å²) in [6, 6.07) is 1.70. The third-order valence-electron chi connectivity index (χ3n) is 2.06. The van der Waals surface area contributed by atoms with Gasteiger partial charge in [-0.2, -0.15) is 0 Å². The second kappa shape index (κ2) is 3.36. The van der Waals surface area contributed by atoms with Crippen LogP contribution in [-0.2, 0) is 9.47 Å². The van der Waals surface area contributed by atoms with Crippen molar-refractivity contribution in [3.63, 3.8) is 0 Å². The standard InChI is InChI=1S/C9H10N2O3/c1-13-9(12)7(3-6-14-9)8-10-4-2-5-11-8/h2-7,12H,1H3. The predicted octanol–water partition coefficient (Wildman–Crippen LogP) is 0.397. The van der Waals surface area contributed by atoms with E-state index in [2.05, 4.69) is 9.97 Å². The zero-order chi connectivity index (χ0) is 10.0. The number of aromatic nitrogens is 2. The zero-order valence-electron chi connectivity index (χ0n) is 7.62. The second-order valence-corrected chi connectivity index (χ2v) is 2.87. The van der Waals surface area contributed by atoms with E-state index >= 15 is 0 Å². The van der Waals surface area contributed by atoms with Gasteiger partial charge in [0.05, 0.1) is 6.26 Å². The first-order chi connectivity index (χ1) is 6.76. The van der Waals surface area contributed by atoms with Crippen LogP contribution in [0.25, 0.3) is 0 Å². The van der Waals surface area contributed by atoms with Crippen LogP contribution < -0.4 is 0 Å². The maximum Gasteiger partial charge on any atom is 0.337 e. The maximum absolute atomic E-state index is 9.83. The first-order valence-electron chi connectivity index (χ1n) is 4.15. The molecular weight excluding hydrogens is 184 g/mol. The molecule has 2 rings (SSSR count). The lowest BCUT2D eigenvalue weighted by Crippen LogP contribution is -2.36. The van der Waals surface area contributed by atoms with E-state index < -0.39 is 11.9 Å². The van der Waals surface area contributed by atoms with Crippen LogP contribution in [0.2, 0.25) is 0 Å². The molecular formula is C9H10N2O3. The fourth-order valence-corrected chi connectivity index (χ4v) is 1.31. The van der Waals surface area contributed by atoms with Crippen molar-refractivity contribution in [3.8, 4) is 0 Å². The lowest BCUT2D eigenvalue weighted by atomic mass is 10.1. The van der Waals surface area contributed by atoms with Gasteiger partial charge in [0.2, 0.25) is 0 Å². The number of rotatable bonds is 2. The van der Waals surface area contributed by atoms with Crippen LogP contribution in [0, 0.1) is 0 Å². The van der Waals surface area contributed by atoms with E-state index in [9.17, 15) is 5.11 Å². The Bertz CT molecular complexity index is 341. The van der Waals surface area contributed by atoms with Gasteiger partial charge in [-0.25, -0.2) is 9.97 Å². The van der Waals surface area contributed by atoms with Crippen molar-refractivity contribution in [2.75, 3.05) is 7.11 Å². The topological polar surface area (TPSA) is 64.5 Å². The molecule has 0 saturated heterocycles. The number of ether oxygens (including phenoxy) is 2. The Morgan fingerprint density at radius 3 is 2.86 bits per heavy atom. The maximum atomic E-state index is 9.83. The molecule has 74 valence electrons. The molecule has 14 heavy (non-hydrogen) atoms. The summed E-state index contributed by atoms with van der Waals surface area (Å²) in [4.78, 5) is 8.04. The molecule has 1 N–H and O–H groups in total. The lowest BCUT2D eigenvalue weighted by Gasteiger charge is -2.25. The molecule has 0 amide bonds. The summed E-state index contributed by atoms with van der Waals surface area (Å²) in [5.74, 6) is -1.71. The monoisotopic (exact) mass is 194 g/mol. The predicted molar refractivity (Wildman–Crippen MR) is 47.0 cm³/mol. The Morgan fingerprint density at radius 2 is 2.21 bits per heavy atom. The molecule has 0 aromatic carbocycles. The van der Waals surface area contributed by atoms with E-state index in [0.29, 0.717) is 5.82 Å². The SMILES string of the molecule is COC1(O)OC=CC1c1ncccn1. The van der Waals surface area contributed by atoms with Gasteiger partial charge in [0, 0.05) is 19.5 Å². The molecule has 0 spiro atoms. The van der Waals surface area contributed by atoms with Gasteiger partial charge in [0.25, 0.3) is 0 Å². The highest BCUT2D eigenvalue weighted by Gasteiger charge is 2.44. The minimum atomic E-state index is -1.68. The fraction of sp³-hybridized carbons (Fsp3) is 0.333. The van der Waals surface area contributed by atoms with Gasteiger partial charge in [0.15, 0.2) is 0 Å². The normalized spacial score (nSPS) is 30.3. The average Bonchev–Trinajstić information content (AvgIpc) is 2.63. The van der Waals surface area contributed by atoms with Gasteiger partial charge >= 0.3 is 5.97 Å². The molecule has 0 aliphatic carbocycles. The number of hydrogen-bond donors (Lipinski definition) is 1. The molecule has 5 nitrogen and oxygen atoms in total. The van der Waals surface area contributed by atoms with Crippen LogP contribution in [0.4, 0.5) is 0 Å². The summed E-state index contributed by atoms with van der Waals surface area (Å²) >= 11 is 0. The van der Waals surface area contributed by atoms with Crippen LogP contribution in [0.5, 0.6) is 0 Å². The Kier molecular flexibility index (Phi) is 2.18. The van der Waals surface area contributed by atoms with Crippen LogP contribution in [-0.4, -0.2) is 28.2 Å². The van der Waals surface area contributed by atoms with Gasteiger partial charge in [0.1, 0.15) is 11.7 Å². The van der Waals surface area contributed by atoms with E-state index in [0.717, 1.165) is 0 Å². The Labute approximate surface area is 81.0 Å². The molecule has 1 aliphatic rings. The molecule has 1 aliphatic heterocycles. The summed E-state index contributed by atoms with van der Waals surface area (Å²) in [5.41, 5.74) is 0. The highest BCUT2D eigenvalue weighted by atomic mass is 16.8. The zero-order valence-corrected chi connectivity index (χ0v) is 7.62. The highest BCUT2D eigenvalue weighted by Crippen LogP contribution is 2.34. The van der Waals surface area contributed by atoms with Crippen molar-refractivity contribution in [1.82, 2.24) is 9.97 Å². The summed E-state index contributed by atoms with van der Waals surface area (Å²) < 4.78 is 9.79. The van der Waals surface area contributed by atoms with E-state index in [1.165, 1.54) is 13.4 Å². The molecule has 2 atom stereocenters. The van der Waals surface area contributed by atoms with Crippen molar-refractivity contribution in [2.24, 2.45) is 0 Å². The Balaban J connectivity index is 2.31. The summed E-state index contributed by atoms with van der Waals surface area (Å²) in [7, 11) is 1.36. The third-order valence-corrected chi connectivity index (χ3v) is 2.06. The van der Waals surface area contributed by atoms with E-state index in [1.54, 1.807) is 24.5 Å². The van der Waals surface area contributed by atoms with Gasteiger partial charge in [-0.3, -0.25) is 0 Å². The fourth-order valence-electron chi connectivity index (χ4n) is 1.31. The highest BCUT2D eigenvalue weighted by molar-refractivity contribution is 5.13. The van der Waals surface area contributed by atoms with Gasteiger partial charge in [-0.1, -0.05) is 0 Å². The number of hydrogen-bond acceptors (Lipinski definition) is 5. The van der Waals surface area contributed by atoms with Gasteiger partial charge in [-0.05, 0) is 12.1 Å². The Morgan fingerprint density at radius 1 is 1.50 bits per heavy atom. The first kappa shape index (κ1) is 9.11. The third kappa shape index (κ3) is 1.36. The van der Waals surface area contributed by atoms with E-state index in [-0.39, 0.29) is 0 Å². The van der Waals surface area contributed by atoms with Crippen molar-refractivity contribution in [1.29, 1.82) is 0 Å². The van der Waals surface area contributed by atoms with Gasteiger partial charge in [-0.15, -0.1) is 0 Å². The van der Waals surface area contributed by atoms with Crippen molar-refractivity contribution in [2.45, 2.75) is 11.9 Å². The summed E-state index contributed by atoms with van der Waals surface area (Å²) in [5, 5.41) is 9.83. The molecule has 1 aromatic heterocycles. The molecule has 0 bridgehead atoms. The molecule has 0 saturated carbocycles. The smallest absolute Gasteiger partial charge is 0.337 e. The Hall–Kier alpha value is -1.46. The number of aliphatic hydroxyl groups is 1. The minimum absolute atomic E-state index is 0.464. The first-order valence-corrected chi connectivity index (χ1v) is 4.15. The molecule has 2 heterocycles. The van der Waals surface area contributed by atoms with Gasteiger partial charge < -0.3 is 14.6 Å². The number of methoxy groups -OCH3 is 1. The number of nitrogens with zero attached hydrogens (tertiary/aromatic N) is 2. The average molecular weight is 194 g/mol. The lowest BCUT2D eigenvalue weighted by molar-refractivity contribution is -0.325. The van der Waals surface area contributed by atoms with Crippen molar-refractivity contribution in [3.05, 3.63) is 36.6 Å². The van der Waals surface area contributed by atoms with E-state index in [1.807, 2.05) is 0 Å². The molecule has 1 aromatic rings. The van der Waals surface area contributed by atoms with Crippen molar-refractivity contribution >= 4 is 0 Å². The van der Waals surface area contributed by atoms with E-state index in [4.69, 9.17) is 9.47 Å². The summed E-state index contributed by atoms with van der Waals surface area (Å²) in [6.45, 7) is 0. The molecule has 0 fully saturated rings. The minimum Gasteiger partial charge on any atom is -0.447 e. The molecule has 2 unspecified atom stereocenters. The van der Waals surface area contributed by atoms with Crippen molar-refractivity contribution < 1.29 is 14.6 Å². The quantitative estimate of drug-likeness (QED) is 0.690. The van der Waals surface area contributed by atoms with Crippen LogP contribution in [0.3, 0.4) is 0 Å². The van der Waals surface area contributed by atoms with Crippen LogP contribution in [0.1, 0.15) is 11.7 Å². The van der Waals surface area contributed by atoms with Crippen LogP contribution >= 0.6 is 0 Å². The largest absolute Gasteiger partial charge is 0.447 e.